The number of benzene rings is 1. The third-order valence-corrected chi connectivity index (χ3v) is 2.50. The van der Waals surface area contributed by atoms with Gasteiger partial charge < -0.3 is 9.84 Å². The first kappa shape index (κ1) is 14.1. The third-order valence-electron chi connectivity index (χ3n) is 2.50. The number of aromatic nitrogens is 2. The Kier molecular flexibility index (Phi) is 4.75. The first-order valence-electron chi connectivity index (χ1n) is 6.19. The lowest BCUT2D eigenvalue weighted by atomic mass is 10.2. The molecular weight excluding hydrogens is 259 g/mol. The van der Waals surface area contributed by atoms with Crippen molar-refractivity contribution in [2.24, 2.45) is 7.05 Å². The summed E-state index contributed by atoms with van der Waals surface area (Å²) in [4.78, 5) is 0. The van der Waals surface area contributed by atoms with Gasteiger partial charge in [-0.1, -0.05) is 11.8 Å². The van der Waals surface area contributed by atoms with Crippen molar-refractivity contribution in [2.75, 3.05) is 6.61 Å². The van der Waals surface area contributed by atoms with Crippen LogP contribution in [0, 0.1) is 17.7 Å². The summed E-state index contributed by atoms with van der Waals surface area (Å²) in [5, 5.41) is 12.8. The zero-order valence-corrected chi connectivity index (χ0v) is 11.1. The highest BCUT2D eigenvalue weighted by atomic mass is 19.1. The van der Waals surface area contributed by atoms with Crippen LogP contribution in [-0.4, -0.2) is 21.5 Å². The molecule has 5 heteroatoms. The molecule has 1 heterocycles. The minimum absolute atomic E-state index is 0.00858. The monoisotopic (exact) mass is 274 g/mol. The number of halogens is 1. The van der Waals surface area contributed by atoms with Gasteiger partial charge in [-0.2, -0.15) is 5.10 Å². The van der Waals surface area contributed by atoms with Crippen molar-refractivity contribution in [3.63, 3.8) is 0 Å². The van der Waals surface area contributed by atoms with Gasteiger partial charge in [0.2, 0.25) is 0 Å². The number of nitrogens with zero attached hydrogens (tertiary/aromatic N) is 2. The molecule has 0 aliphatic carbocycles. The standard InChI is InChI=1S/C15H15FN2O2/c1-18-6-5-14(17-18)11-20-15-9-12(4-2-3-7-19)8-13(16)10-15/h5-6,8-10,19H,3,7,11H2,1H3. The summed E-state index contributed by atoms with van der Waals surface area (Å²) in [6, 6.07) is 6.13. The van der Waals surface area contributed by atoms with Gasteiger partial charge in [0.25, 0.3) is 0 Å². The van der Waals surface area contributed by atoms with E-state index in [0.29, 0.717) is 17.7 Å². The van der Waals surface area contributed by atoms with E-state index in [1.165, 1.54) is 12.1 Å². The number of hydrogen-bond acceptors (Lipinski definition) is 3. The Balaban J connectivity index is 2.06. The Morgan fingerprint density at radius 2 is 2.25 bits per heavy atom. The van der Waals surface area contributed by atoms with Crippen LogP contribution in [0.15, 0.2) is 30.5 Å². The average Bonchev–Trinajstić information content (AvgIpc) is 2.82. The van der Waals surface area contributed by atoms with Crippen molar-refractivity contribution < 1.29 is 14.2 Å². The van der Waals surface area contributed by atoms with Gasteiger partial charge in [-0.25, -0.2) is 4.39 Å². The fraction of sp³-hybridized carbons (Fsp3) is 0.267. The van der Waals surface area contributed by atoms with Gasteiger partial charge in [-0.3, -0.25) is 4.68 Å². The molecule has 0 fully saturated rings. The van der Waals surface area contributed by atoms with E-state index in [0.717, 1.165) is 5.69 Å². The van der Waals surface area contributed by atoms with Gasteiger partial charge in [0.15, 0.2) is 0 Å². The van der Waals surface area contributed by atoms with Gasteiger partial charge in [-0.05, 0) is 18.2 Å². The van der Waals surface area contributed by atoms with Crippen LogP contribution in [0.25, 0.3) is 0 Å². The molecule has 1 aromatic carbocycles. The molecule has 0 atom stereocenters. The quantitative estimate of drug-likeness (QED) is 0.866. The molecule has 0 bridgehead atoms. The molecule has 0 amide bonds. The highest BCUT2D eigenvalue weighted by molar-refractivity contribution is 5.40. The lowest BCUT2D eigenvalue weighted by molar-refractivity contribution is 0.298. The van der Waals surface area contributed by atoms with Gasteiger partial charge in [0.05, 0.1) is 12.3 Å². The van der Waals surface area contributed by atoms with E-state index in [9.17, 15) is 4.39 Å². The Morgan fingerprint density at radius 1 is 1.40 bits per heavy atom. The first-order valence-corrected chi connectivity index (χ1v) is 6.19. The Morgan fingerprint density at radius 3 is 2.95 bits per heavy atom. The van der Waals surface area contributed by atoms with Crippen LogP contribution >= 0.6 is 0 Å². The van der Waals surface area contributed by atoms with Crippen molar-refractivity contribution in [2.45, 2.75) is 13.0 Å². The summed E-state index contributed by atoms with van der Waals surface area (Å²) in [5.41, 5.74) is 1.29. The van der Waals surface area contributed by atoms with Crippen LogP contribution < -0.4 is 4.74 Å². The van der Waals surface area contributed by atoms with Gasteiger partial charge in [0, 0.05) is 31.3 Å². The second kappa shape index (κ2) is 6.73. The Hall–Kier alpha value is -2.32. The Bertz CT molecular complexity index is 641. The van der Waals surface area contributed by atoms with Gasteiger partial charge in [-0.15, -0.1) is 0 Å². The zero-order valence-electron chi connectivity index (χ0n) is 11.1. The van der Waals surface area contributed by atoms with Gasteiger partial charge in [0.1, 0.15) is 18.2 Å². The average molecular weight is 274 g/mol. The number of aliphatic hydroxyl groups is 1. The molecule has 0 unspecified atom stereocenters. The molecule has 0 radical (unpaired) electrons. The van der Waals surface area contributed by atoms with Crippen molar-refractivity contribution in [1.82, 2.24) is 9.78 Å². The smallest absolute Gasteiger partial charge is 0.132 e. The summed E-state index contributed by atoms with van der Waals surface area (Å²) in [7, 11) is 1.82. The van der Waals surface area contributed by atoms with Gasteiger partial charge >= 0.3 is 0 Å². The van der Waals surface area contributed by atoms with E-state index >= 15 is 0 Å². The Labute approximate surface area is 116 Å². The lowest BCUT2D eigenvalue weighted by Gasteiger charge is -2.05. The molecule has 2 rings (SSSR count). The molecule has 0 saturated carbocycles. The maximum atomic E-state index is 13.4. The third kappa shape index (κ3) is 4.11. The number of aliphatic hydroxyl groups excluding tert-OH is 1. The number of ether oxygens (including phenoxy) is 1. The fourth-order valence-corrected chi connectivity index (χ4v) is 1.64. The molecule has 104 valence electrons. The largest absolute Gasteiger partial charge is 0.487 e. The lowest BCUT2D eigenvalue weighted by Crippen LogP contribution is -1.98. The second-order valence-electron chi connectivity index (χ2n) is 4.22. The molecule has 1 N–H and O–H groups in total. The predicted molar refractivity (Wildman–Crippen MR) is 72.5 cm³/mol. The van der Waals surface area contributed by atoms with E-state index in [2.05, 4.69) is 16.9 Å². The van der Waals surface area contributed by atoms with E-state index in [1.807, 2.05) is 19.3 Å². The number of rotatable bonds is 4. The fourth-order valence-electron chi connectivity index (χ4n) is 1.64. The van der Waals surface area contributed by atoms with Crippen LogP contribution in [0.4, 0.5) is 4.39 Å². The summed E-state index contributed by atoms with van der Waals surface area (Å²) in [6.45, 7) is 0.263. The van der Waals surface area contributed by atoms with Crippen LogP contribution in [-0.2, 0) is 13.7 Å². The highest BCUT2D eigenvalue weighted by Crippen LogP contribution is 2.17. The van der Waals surface area contributed by atoms with E-state index in [4.69, 9.17) is 9.84 Å². The van der Waals surface area contributed by atoms with E-state index < -0.39 is 5.82 Å². The maximum Gasteiger partial charge on any atom is 0.132 e. The molecule has 2 aromatic rings. The van der Waals surface area contributed by atoms with Crippen molar-refractivity contribution in [3.8, 4) is 17.6 Å². The first-order chi connectivity index (χ1) is 9.67. The topological polar surface area (TPSA) is 47.3 Å². The SMILES string of the molecule is Cn1ccc(COc2cc(F)cc(C#CCCO)c2)n1. The molecule has 0 spiro atoms. The molecule has 4 nitrogen and oxygen atoms in total. The summed E-state index contributed by atoms with van der Waals surface area (Å²) in [5.74, 6) is 5.53. The predicted octanol–water partition coefficient (Wildman–Crippen LogP) is 1.87. The van der Waals surface area contributed by atoms with Crippen LogP contribution in [0.3, 0.4) is 0 Å². The number of aryl methyl sites for hydroxylation is 1. The maximum absolute atomic E-state index is 13.4. The molecular formula is C15H15FN2O2. The van der Waals surface area contributed by atoms with E-state index in [-0.39, 0.29) is 13.2 Å². The highest BCUT2D eigenvalue weighted by Gasteiger charge is 2.02. The van der Waals surface area contributed by atoms with Crippen molar-refractivity contribution in [1.29, 1.82) is 0 Å². The molecule has 1 aromatic heterocycles. The zero-order chi connectivity index (χ0) is 14.4. The van der Waals surface area contributed by atoms with Crippen LogP contribution in [0.1, 0.15) is 17.7 Å². The normalized spacial score (nSPS) is 9.95. The molecule has 0 saturated heterocycles. The van der Waals surface area contributed by atoms with E-state index in [1.54, 1.807) is 10.7 Å². The van der Waals surface area contributed by atoms with Crippen LogP contribution in [0.5, 0.6) is 5.75 Å². The summed E-state index contributed by atoms with van der Waals surface area (Å²) >= 11 is 0. The molecule has 0 aliphatic rings. The van der Waals surface area contributed by atoms with Crippen molar-refractivity contribution >= 4 is 0 Å². The number of hydrogen-bond donors (Lipinski definition) is 1. The second-order valence-corrected chi connectivity index (χ2v) is 4.22. The minimum atomic E-state index is -0.406. The summed E-state index contributed by atoms with van der Waals surface area (Å²) < 4.78 is 20.6. The minimum Gasteiger partial charge on any atom is -0.487 e. The van der Waals surface area contributed by atoms with Crippen LogP contribution in [0.2, 0.25) is 0 Å². The molecule has 20 heavy (non-hydrogen) atoms. The summed E-state index contributed by atoms with van der Waals surface area (Å²) in [6.07, 6.45) is 2.18. The molecule has 0 aliphatic heterocycles. The van der Waals surface area contributed by atoms with Crippen molar-refractivity contribution in [3.05, 3.63) is 47.5 Å².